The molecule has 0 aliphatic carbocycles. The molecule has 0 unspecified atom stereocenters. The van der Waals surface area contributed by atoms with Crippen molar-refractivity contribution < 1.29 is 4.79 Å². The number of hydrogen-bond donors (Lipinski definition) is 2. The third kappa shape index (κ3) is 4.31. The van der Waals surface area contributed by atoms with E-state index in [-0.39, 0.29) is 5.91 Å². The number of carbonyl (C=O) groups excluding carboxylic acids is 1. The minimum Gasteiger partial charge on any atom is -0.341 e. The van der Waals surface area contributed by atoms with Gasteiger partial charge in [-0.3, -0.25) is 4.79 Å². The predicted octanol–water partition coefficient (Wildman–Crippen LogP) is 4.39. The summed E-state index contributed by atoms with van der Waals surface area (Å²) in [6, 6.07) is 14.8. The first-order valence-electron chi connectivity index (χ1n) is 10.2. The van der Waals surface area contributed by atoms with Gasteiger partial charge in [-0.2, -0.15) is 13.7 Å². The van der Waals surface area contributed by atoms with Crippen LogP contribution in [0, 0.1) is 6.92 Å². The summed E-state index contributed by atoms with van der Waals surface area (Å²) in [4.78, 5) is 24.0. The Balaban J connectivity index is 1.27. The highest BCUT2D eigenvalue weighted by Crippen LogP contribution is 2.23. The highest BCUT2D eigenvalue weighted by Gasteiger charge is 2.16. The molecule has 9 heteroatoms. The summed E-state index contributed by atoms with van der Waals surface area (Å²) >= 11 is 1.14. The third-order valence-electron chi connectivity index (χ3n) is 5.16. The van der Waals surface area contributed by atoms with E-state index < -0.39 is 0 Å². The number of fused-ring (bicyclic) bond motifs is 1. The summed E-state index contributed by atoms with van der Waals surface area (Å²) in [6.07, 6.45) is 2.36. The lowest BCUT2D eigenvalue weighted by atomic mass is 10.2. The van der Waals surface area contributed by atoms with Crippen molar-refractivity contribution in [1.82, 2.24) is 18.7 Å². The second-order valence-electron chi connectivity index (χ2n) is 7.51. The molecule has 4 aromatic rings. The van der Waals surface area contributed by atoms with Gasteiger partial charge in [-0.15, -0.1) is 0 Å². The molecule has 1 aliphatic rings. The molecule has 0 atom stereocenters. The molecule has 2 aromatic heterocycles. The van der Waals surface area contributed by atoms with Crippen molar-refractivity contribution in [1.29, 1.82) is 0 Å². The first-order chi connectivity index (χ1) is 15.1. The lowest BCUT2D eigenvalue weighted by Gasteiger charge is -2.17. The van der Waals surface area contributed by atoms with E-state index in [1.807, 2.05) is 37.3 Å². The molecule has 5 rings (SSSR count). The maximum Gasteiger partial charge on any atom is 0.255 e. The average Bonchev–Trinajstić information content (AvgIpc) is 3.46. The molecule has 0 radical (unpaired) electrons. The van der Waals surface area contributed by atoms with Crippen molar-refractivity contribution in [3.8, 4) is 0 Å². The van der Waals surface area contributed by atoms with E-state index in [1.54, 1.807) is 18.2 Å². The summed E-state index contributed by atoms with van der Waals surface area (Å²) in [7, 11) is 0. The van der Waals surface area contributed by atoms with Crippen molar-refractivity contribution in [2.24, 2.45) is 0 Å². The number of nitrogens with one attached hydrogen (secondary N) is 2. The van der Waals surface area contributed by atoms with E-state index in [4.69, 9.17) is 0 Å². The second-order valence-corrected chi connectivity index (χ2v) is 8.04. The van der Waals surface area contributed by atoms with Crippen LogP contribution < -0.4 is 15.5 Å². The number of rotatable bonds is 5. The van der Waals surface area contributed by atoms with Crippen LogP contribution in [0.5, 0.6) is 0 Å². The molecule has 1 aliphatic heterocycles. The molecule has 1 fully saturated rings. The maximum absolute atomic E-state index is 12.6. The number of amides is 1. The van der Waals surface area contributed by atoms with Gasteiger partial charge in [-0.05, 0) is 62.2 Å². The minimum absolute atomic E-state index is 0.183. The van der Waals surface area contributed by atoms with Gasteiger partial charge < -0.3 is 15.5 Å². The molecule has 8 nitrogen and oxygen atoms in total. The van der Waals surface area contributed by atoms with E-state index in [2.05, 4.69) is 34.2 Å². The largest absolute Gasteiger partial charge is 0.341 e. The van der Waals surface area contributed by atoms with E-state index in [9.17, 15) is 4.79 Å². The molecule has 31 heavy (non-hydrogen) atoms. The third-order valence-corrected chi connectivity index (χ3v) is 5.72. The van der Waals surface area contributed by atoms with Gasteiger partial charge in [0.25, 0.3) is 5.91 Å². The Morgan fingerprint density at radius 1 is 0.935 bits per heavy atom. The maximum atomic E-state index is 12.6. The summed E-state index contributed by atoms with van der Waals surface area (Å²) < 4.78 is 8.35. The van der Waals surface area contributed by atoms with Crippen molar-refractivity contribution in [2.45, 2.75) is 19.8 Å². The molecule has 2 aromatic carbocycles. The number of aryl methyl sites for hydroxylation is 1. The summed E-state index contributed by atoms with van der Waals surface area (Å²) in [5, 5.41) is 6.25. The molecule has 156 valence electrons. The van der Waals surface area contributed by atoms with Gasteiger partial charge in [0.05, 0.1) is 11.7 Å². The van der Waals surface area contributed by atoms with Gasteiger partial charge in [0.1, 0.15) is 16.9 Å². The van der Waals surface area contributed by atoms with Gasteiger partial charge in [0.2, 0.25) is 5.95 Å². The van der Waals surface area contributed by atoms with Crippen LogP contribution in [0.1, 0.15) is 28.9 Å². The van der Waals surface area contributed by atoms with Crippen LogP contribution >= 0.6 is 11.7 Å². The van der Waals surface area contributed by atoms with E-state index >= 15 is 0 Å². The highest BCUT2D eigenvalue weighted by atomic mass is 32.1. The molecule has 0 spiro atoms. The number of benzene rings is 2. The zero-order chi connectivity index (χ0) is 21.2. The fraction of sp³-hybridized carbons (Fsp3) is 0.227. The van der Waals surface area contributed by atoms with Crippen LogP contribution in [0.4, 0.5) is 23.1 Å². The van der Waals surface area contributed by atoms with Crippen LogP contribution in [-0.4, -0.2) is 37.7 Å². The smallest absolute Gasteiger partial charge is 0.255 e. The molecule has 1 amide bonds. The number of aromatic nitrogens is 4. The monoisotopic (exact) mass is 431 g/mol. The predicted molar refractivity (Wildman–Crippen MR) is 123 cm³/mol. The van der Waals surface area contributed by atoms with Gasteiger partial charge in [0, 0.05) is 41.8 Å². The number of hydrogen-bond acceptors (Lipinski definition) is 8. The molecular formula is C22H21N7OS. The average molecular weight is 432 g/mol. The van der Waals surface area contributed by atoms with Crippen LogP contribution in [0.15, 0.2) is 48.5 Å². The summed E-state index contributed by atoms with van der Waals surface area (Å²) in [6.45, 7) is 3.98. The van der Waals surface area contributed by atoms with Crippen molar-refractivity contribution in [3.63, 3.8) is 0 Å². The van der Waals surface area contributed by atoms with Crippen molar-refractivity contribution in [3.05, 3.63) is 59.8 Å². The number of nitrogens with zero attached hydrogens (tertiary/aromatic N) is 5. The highest BCUT2D eigenvalue weighted by molar-refractivity contribution is 7.00. The lowest BCUT2D eigenvalue weighted by molar-refractivity contribution is 0.102. The SMILES string of the molecule is Cc1cc(Nc2ccc(NC(=O)c3ccc4nsnc4c3)cc2)nc(N2CCCC2)n1. The van der Waals surface area contributed by atoms with Crippen LogP contribution in [0.25, 0.3) is 11.0 Å². The Bertz CT molecular complexity index is 1230. The Kier molecular flexibility index (Phi) is 5.17. The van der Waals surface area contributed by atoms with Crippen molar-refractivity contribution in [2.75, 3.05) is 28.6 Å². The molecule has 3 heterocycles. The Hall–Kier alpha value is -3.59. The minimum atomic E-state index is -0.183. The van der Waals surface area contributed by atoms with E-state index in [0.717, 1.165) is 59.0 Å². The fourth-order valence-corrected chi connectivity index (χ4v) is 4.10. The van der Waals surface area contributed by atoms with Gasteiger partial charge in [-0.1, -0.05) is 0 Å². The molecule has 0 bridgehead atoms. The van der Waals surface area contributed by atoms with Gasteiger partial charge in [0.15, 0.2) is 0 Å². The Morgan fingerprint density at radius 3 is 2.48 bits per heavy atom. The molecular weight excluding hydrogens is 410 g/mol. The van der Waals surface area contributed by atoms with Crippen LogP contribution in [0.2, 0.25) is 0 Å². The zero-order valence-corrected chi connectivity index (χ0v) is 17.8. The standard InChI is InChI=1S/C22H21N7OS/c1-14-12-20(26-22(23-14)29-10-2-3-11-29)24-16-5-7-17(8-6-16)25-21(30)15-4-9-18-19(13-15)28-31-27-18/h4-9,12-13H,2-3,10-11H2,1H3,(H,25,30)(H,23,24,26). The zero-order valence-electron chi connectivity index (χ0n) is 17.0. The van der Waals surface area contributed by atoms with Crippen molar-refractivity contribution >= 4 is 51.8 Å². The topological polar surface area (TPSA) is 95.9 Å². The molecule has 2 N–H and O–H groups in total. The van der Waals surface area contributed by atoms with E-state index in [1.165, 1.54) is 12.8 Å². The Labute approximate surface area is 183 Å². The normalized spacial score (nSPS) is 13.5. The molecule has 0 saturated carbocycles. The first-order valence-corrected chi connectivity index (χ1v) is 10.9. The Morgan fingerprint density at radius 2 is 1.68 bits per heavy atom. The fourth-order valence-electron chi connectivity index (χ4n) is 3.59. The van der Waals surface area contributed by atoms with Gasteiger partial charge in [-0.25, -0.2) is 4.98 Å². The number of carbonyl (C=O) groups is 1. The summed E-state index contributed by atoms with van der Waals surface area (Å²) in [5.74, 6) is 1.35. The van der Waals surface area contributed by atoms with Crippen LogP contribution in [-0.2, 0) is 0 Å². The molecule has 1 saturated heterocycles. The quantitative estimate of drug-likeness (QED) is 0.484. The lowest BCUT2D eigenvalue weighted by Crippen LogP contribution is -2.21. The van der Waals surface area contributed by atoms with E-state index in [0.29, 0.717) is 11.3 Å². The number of anilines is 4. The van der Waals surface area contributed by atoms with Gasteiger partial charge >= 0.3 is 0 Å². The van der Waals surface area contributed by atoms with Crippen LogP contribution in [0.3, 0.4) is 0 Å². The summed E-state index contributed by atoms with van der Waals surface area (Å²) in [5.41, 5.74) is 4.60. The second kappa shape index (κ2) is 8.27. The first kappa shape index (κ1) is 19.4.